The number of aliphatic hydroxyl groups excluding tert-OH is 1. The number of methoxy groups -OCH3 is 1. The van der Waals surface area contributed by atoms with Crippen LogP contribution in [0.5, 0.6) is 0 Å². The van der Waals surface area contributed by atoms with Gasteiger partial charge in [0, 0.05) is 24.2 Å². The Labute approximate surface area is 124 Å². The molecule has 0 fully saturated rings. The molecule has 1 unspecified atom stereocenters. The van der Waals surface area contributed by atoms with E-state index >= 15 is 0 Å². The number of aliphatic hydroxyl groups is 1. The minimum atomic E-state index is -0.443. The van der Waals surface area contributed by atoms with Crippen LogP contribution in [0, 0.1) is 0 Å². The fourth-order valence-electron chi connectivity index (χ4n) is 2.00. The smallest absolute Gasteiger partial charge is 0.0762 e. The first-order valence-corrected chi connectivity index (χ1v) is 7.53. The number of hydrogen-bond acceptors (Lipinski definition) is 3. The minimum Gasteiger partial charge on any atom is -0.389 e. The van der Waals surface area contributed by atoms with Gasteiger partial charge in [0.2, 0.25) is 0 Å². The molecule has 1 rings (SSSR count). The van der Waals surface area contributed by atoms with E-state index in [2.05, 4.69) is 40.7 Å². The summed E-state index contributed by atoms with van der Waals surface area (Å²) in [6.07, 6.45) is 0.635. The molecule has 0 amide bonds. The maximum atomic E-state index is 9.62. The van der Waals surface area contributed by atoms with Crippen molar-refractivity contribution in [3.63, 3.8) is 0 Å². The second kappa shape index (κ2) is 7.88. The van der Waals surface area contributed by atoms with Gasteiger partial charge in [-0.3, -0.25) is 0 Å². The van der Waals surface area contributed by atoms with Gasteiger partial charge in [-0.15, -0.1) is 0 Å². The van der Waals surface area contributed by atoms with Crippen molar-refractivity contribution in [3.05, 3.63) is 28.2 Å². The zero-order chi connectivity index (χ0) is 14.4. The van der Waals surface area contributed by atoms with Gasteiger partial charge >= 0.3 is 0 Å². The summed E-state index contributed by atoms with van der Waals surface area (Å²) in [6, 6.07) is 6.48. The van der Waals surface area contributed by atoms with Crippen LogP contribution in [0.15, 0.2) is 22.7 Å². The first-order valence-electron chi connectivity index (χ1n) is 6.74. The van der Waals surface area contributed by atoms with Gasteiger partial charge in [0.1, 0.15) is 0 Å². The van der Waals surface area contributed by atoms with E-state index in [-0.39, 0.29) is 0 Å². The summed E-state index contributed by atoms with van der Waals surface area (Å²) in [5.74, 6) is 0. The highest BCUT2D eigenvalue weighted by Gasteiger charge is 2.16. The Hall–Kier alpha value is -0.580. The third-order valence-corrected chi connectivity index (χ3v) is 4.06. The van der Waals surface area contributed by atoms with Crippen LogP contribution in [-0.4, -0.2) is 31.4 Å². The van der Waals surface area contributed by atoms with E-state index in [1.54, 1.807) is 14.0 Å². The van der Waals surface area contributed by atoms with E-state index in [9.17, 15) is 5.11 Å². The molecule has 1 N–H and O–H groups in total. The quantitative estimate of drug-likeness (QED) is 0.826. The molecular formula is C15H24BrNO2. The lowest BCUT2D eigenvalue weighted by Gasteiger charge is -2.31. The molecular weight excluding hydrogens is 306 g/mol. The summed E-state index contributed by atoms with van der Waals surface area (Å²) >= 11 is 3.61. The molecule has 19 heavy (non-hydrogen) atoms. The van der Waals surface area contributed by atoms with Crippen molar-refractivity contribution in [2.24, 2.45) is 0 Å². The second-order valence-electron chi connectivity index (χ2n) is 4.83. The van der Waals surface area contributed by atoms with Crippen molar-refractivity contribution in [1.29, 1.82) is 0 Å². The largest absolute Gasteiger partial charge is 0.389 e. The van der Waals surface area contributed by atoms with E-state index in [1.807, 2.05) is 12.1 Å². The van der Waals surface area contributed by atoms with Crippen molar-refractivity contribution in [2.45, 2.75) is 39.3 Å². The predicted molar refractivity (Wildman–Crippen MR) is 83.8 cm³/mol. The van der Waals surface area contributed by atoms with Crippen LogP contribution < -0.4 is 4.90 Å². The molecule has 0 aliphatic rings. The van der Waals surface area contributed by atoms with Crippen molar-refractivity contribution in [3.8, 4) is 0 Å². The van der Waals surface area contributed by atoms with Crippen molar-refractivity contribution >= 4 is 21.6 Å². The topological polar surface area (TPSA) is 32.7 Å². The van der Waals surface area contributed by atoms with Crippen LogP contribution in [0.4, 0.5) is 5.69 Å². The van der Waals surface area contributed by atoms with Crippen LogP contribution in [0.2, 0.25) is 0 Å². The van der Waals surface area contributed by atoms with Gasteiger partial charge in [0.05, 0.1) is 18.4 Å². The van der Waals surface area contributed by atoms with Gasteiger partial charge in [0.25, 0.3) is 0 Å². The van der Waals surface area contributed by atoms with Crippen LogP contribution in [-0.2, 0) is 4.74 Å². The maximum absolute atomic E-state index is 9.62. The van der Waals surface area contributed by atoms with E-state index in [0.717, 1.165) is 28.7 Å². The van der Waals surface area contributed by atoms with E-state index in [4.69, 9.17) is 4.74 Å². The molecule has 0 aliphatic carbocycles. The van der Waals surface area contributed by atoms with Crippen LogP contribution >= 0.6 is 15.9 Å². The number of nitrogens with zero attached hydrogens (tertiary/aromatic N) is 1. The van der Waals surface area contributed by atoms with Crippen molar-refractivity contribution < 1.29 is 9.84 Å². The normalized spacial score (nSPS) is 14.2. The van der Waals surface area contributed by atoms with Crippen LogP contribution in [0.3, 0.4) is 0 Å². The summed E-state index contributed by atoms with van der Waals surface area (Å²) in [5, 5.41) is 9.62. The highest BCUT2D eigenvalue weighted by atomic mass is 79.9. The lowest BCUT2D eigenvalue weighted by molar-refractivity contribution is 0.199. The third-order valence-electron chi connectivity index (χ3n) is 3.42. The Kier molecular flexibility index (Phi) is 6.83. The number of rotatable bonds is 7. The Bertz CT molecular complexity index is 396. The first-order chi connectivity index (χ1) is 9.01. The number of anilines is 1. The molecule has 1 aromatic rings. The zero-order valence-electron chi connectivity index (χ0n) is 12.2. The second-order valence-corrected chi connectivity index (χ2v) is 5.68. The third kappa shape index (κ3) is 4.48. The van der Waals surface area contributed by atoms with Crippen LogP contribution in [0.25, 0.3) is 0 Å². The summed E-state index contributed by atoms with van der Waals surface area (Å²) in [7, 11) is 1.72. The number of hydrogen-bond donors (Lipinski definition) is 1. The lowest BCUT2D eigenvalue weighted by atomic mass is 10.1. The summed E-state index contributed by atoms with van der Waals surface area (Å²) < 4.78 is 6.21. The molecule has 2 atom stereocenters. The number of benzene rings is 1. The highest BCUT2D eigenvalue weighted by molar-refractivity contribution is 9.10. The average Bonchev–Trinajstić information content (AvgIpc) is 2.39. The SMILES string of the molecule is CCC(C)N(CCOC)c1ccc([C@H](C)O)cc1Br. The Morgan fingerprint density at radius 2 is 2.05 bits per heavy atom. The van der Waals surface area contributed by atoms with Crippen molar-refractivity contribution in [2.75, 3.05) is 25.2 Å². The highest BCUT2D eigenvalue weighted by Crippen LogP contribution is 2.31. The van der Waals surface area contributed by atoms with E-state index < -0.39 is 6.10 Å². The van der Waals surface area contributed by atoms with Gasteiger partial charge in [-0.2, -0.15) is 0 Å². The number of halogens is 1. The van der Waals surface area contributed by atoms with Gasteiger partial charge < -0.3 is 14.7 Å². The molecule has 0 saturated carbocycles. The monoisotopic (exact) mass is 329 g/mol. The predicted octanol–water partition coefficient (Wildman–Crippen LogP) is 3.75. The van der Waals surface area contributed by atoms with Crippen molar-refractivity contribution in [1.82, 2.24) is 0 Å². The van der Waals surface area contributed by atoms with Gasteiger partial charge in [-0.1, -0.05) is 13.0 Å². The molecule has 4 heteroatoms. The van der Waals surface area contributed by atoms with E-state index in [1.165, 1.54) is 0 Å². The molecule has 0 bridgehead atoms. The zero-order valence-corrected chi connectivity index (χ0v) is 13.8. The molecule has 1 aromatic carbocycles. The van der Waals surface area contributed by atoms with Crippen LogP contribution in [0.1, 0.15) is 38.9 Å². The maximum Gasteiger partial charge on any atom is 0.0762 e. The fraction of sp³-hybridized carbons (Fsp3) is 0.600. The van der Waals surface area contributed by atoms with Gasteiger partial charge in [-0.05, 0) is 53.9 Å². The molecule has 0 saturated heterocycles. The molecule has 0 aromatic heterocycles. The Morgan fingerprint density at radius 3 is 2.53 bits per heavy atom. The summed E-state index contributed by atoms with van der Waals surface area (Å²) in [6.45, 7) is 7.74. The average molecular weight is 330 g/mol. The van der Waals surface area contributed by atoms with Gasteiger partial charge in [0.15, 0.2) is 0 Å². The molecule has 0 aliphatic heterocycles. The molecule has 0 heterocycles. The molecule has 3 nitrogen and oxygen atoms in total. The summed E-state index contributed by atoms with van der Waals surface area (Å²) in [4.78, 5) is 2.33. The summed E-state index contributed by atoms with van der Waals surface area (Å²) in [5.41, 5.74) is 2.07. The molecule has 0 radical (unpaired) electrons. The minimum absolute atomic E-state index is 0.443. The lowest BCUT2D eigenvalue weighted by Crippen LogP contribution is -2.35. The Morgan fingerprint density at radius 1 is 1.37 bits per heavy atom. The van der Waals surface area contributed by atoms with E-state index in [0.29, 0.717) is 12.6 Å². The molecule has 108 valence electrons. The molecule has 0 spiro atoms. The van der Waals surface area contributed by atoms with Gasteiger partial charge in [-0.25, -0.2) is 0 Å². The Balaban J connectivity index is 3.01. The standard InChI is InChI=1S/C15H24BrNO2/c1-5-11(2)17(8-9-19-4)15-7-6-13(12(3)18)10-14(15)16/h6-7,10-12,18H,5,8-9H2,1-4H3/t11?,12-/m0/s1. The fourth-order valence-corrected chi connectivity index (χ4v) is 2.63. The first kappa shape index (κ1) is 16.5. The number of ether oxygens (including phenoxy) is 1.